The van der Waals surface area contributed by atoms with Gasteiger partial charge in [-0.05, 0) is 67.7 Å². The highest BCUT2D eigenvalue weighted by atomic mass is 32.1. The van der Waals surface area contributed by atoms with Crippen LogP contribution in [0.3, 0.4) is 0 Å². The predicted molar refractivity (Wildman–Crippen MR) is 146 cm³/mol. The van der Waals surface area contributed by atoms with Gasteiger partial charge in [-0.2, -0.15) is 0 Å². The number of carbonyl (C=O) groups is 3. The van der Waals surface area contributed by atoms with Crippen LogP contribution < -0.4 is 15.0 Å². The van der Waals surface area contributed by atoms with Gasteiger partial charge in [-0.25, -0.2) is 4.79 Å². The van der Waals surface area contributed by atoms with Crippen LogP contribution in [0, 0.1) is 0 Å². The third-order valence-electron chi connectivity index (χ3n) is 6.47. The van der Waals surface area contributed by atoms with Gasteiger partial charge in [-0.1, -0.05) is 0 Å². The minimum atomic E-state index is -0.758. The fraction of sp³-hybridized carbons (Fsp3) is 0.407. The zero-order valence-electron chi connectivity index (χ0n) is 21.6. The van der Waals surface area contributed by atoms with Crippen LogP contribution >= 0.6 is 12.2 Å². The molecular formula is C27H32N4O6S. The number of nitrogens with zero attached hydrogens (tertiary/aromatic N) is 3. The second kappa shape index (κ2) is 12.8. The van der Waals surface area contributed by atoms with Crippen molar-refractivity contribution in [1.29, 1.82) is 0 Å². The van der Waals surface area contributed by atoms with Crippen LogP contribution in [0.1, 0.15) is 23.7 Å². The molecule has 1 N–H and O–H groups in total. The molecule has 2 aliphatic rings. The summed E-state index contributed by atoms with van der Waals surface area (Å²) in [4.78, 5) is 44.2. The van der Waals surface area contributed by atoms with Gasteiger partial charge in [-0.15, -0.1) is 0 Å². The fourth-order valence-electron chi connectivity index (χ4n) is 4.42. The van der Waals surface area contributed by atoms with E-state index in [1.54, 1.807) is 62.6 Å². The van der Waals surface area contributed by atoms with E-state index in [1.165, 1.54) is 4.90 Å². The number of esters is 1. The summed E-state index contributed by atoms with van der Waals surface area (Å²) in [5.41, 5.74) is 1.52. The number of hydrogen-bond donors (Lipinski definition) is 1. The van der Waals surface area contributed by atoms with Crippen molar-refractivity contribution in [2.45, 2.75) is 19.4 Å². The molecule has 2 aromatic rings. The molecule has 10 nitrogen and oxygen atoms in total. The number of rotatable bonds is 10. The van der Waals surface area contributed by atoms with E-state index < -0.39 is 12.0 Å². The van der Waals surface area contributed by atoms with Gasteiger partial charge in [0.1, 0.15) is 11.8 Å². The average molecular weight is 541 g/mol. The molecule has 2 amide bonds. The van der Waals surface area contributed by atoms with E-state index in [1.807, 2.05) is 4.90 Å². The van der Waals surface area contributed by atoms with Gasteiger partial charge in [0.25, 0.3) is 5.91 Å². The number of benzene rings is 2. The molecule has 0 aromatic heterocycles. The van der Waals surface area contributed by atoms with Crippen molar-refractivity contribution in [3.63, 3.8) is 0 Å². The van der Waals surface area contributed by atoms with Gasteiger partial charge in [-0.3, -0.25) is 19.4 Å². The maximum atomic E-state index is 13.6. The molecule has 2 fully saturated rings. The number of morpholine rings is 1. The van der Waals surface area contributed by atoms with Gasteiger partial charge >= 0.3 is 5.97 Å². The lowest BCUT2D eigenvalue weighted by Gasteiger charge is -2.30. The minimum Gasteiger partial charge on any atom is -0.497 e. The molecule has 0 spiro atoms. The summed E-state index contributed by atoms with van der Waals surface area (Å²) in [5.74, 6) is -0.342. The molecule has 1 atom stereocenters. The third kappa shape index (κ3) is 6.47. The van der Waals surface area contributed by atoms with E-state index in [0.29, 0.717) is 54.1 Å². The average Bonchev–Trinajstić information content (AvgIpc) is 3.16. The lowest BCUT2D eigenvalue weighted by molar-refractivity contribution is -0.124. The van der Waals surface area contributed by atoms with Crippen molar-refractivity contribution >= 4 is 46.5 Å². The number of anilines is 2. The number of carbonyl (C=O) groups excluding carboxylic acids is 3. The molecule has 0 aliphatic carbocycles. The molecule has 2 heterocycles. The predicted octanol–water partition coefficient (Wildman–Crippen LogP) is 2.54. The fourth-order valence-corrected chi connectivity index (χ4v) is 4.84. The van der Waals surface area contributed by atoms with Gasteiger partial charge < -0.3 is 24.4 Å². The molecule has 4 rings (SSSR count). The Hall–Kier alpha value is -3.54. The topological polar surface area (TPSA) is 101 Å². The zero-order valence-corrected chi connectivity index (χ0v) is 22.4. The lowest BCUT2D eigenvalue weighted by atomic mass is 10.1. The van der Waals surface area contributed by atoms with E-state index in [4.69, 9.17) is 26.4 Å². The second-order valence-corrected chi connectivity index (χ2v) is 9.23. The summed E-state index contributed by atoms with van der Waals surface area (Å²) in [5, 5.41) is 3.18. The van der Waals surface area contributed by atoms with Crippen molar-refractivity contribution in [2.24, 2.45) is 0 Å². The van der Waals surface area contributed by atoms with Crippen LogP contribution in [0.15, 0.2) is 48.5 Å². The van der Waals surface area contributed by atoms with Crippen LogP contribution in [0.5, 0.6) is 5.75 Å². The van der Waals surface area contributed by atoms with E-state index in [0.717, 1.165) is 13.1 Å². The largest absolute Gasteiger partial charge is 0.497 e. The van der Waals surface area contributed by atoms with Crippen LogP contribution in [0.4, 0.5) is 11.4 Å². The Labute approximate surface area is 227 Å². The molecule has 38 heavy (non-hydrogen) atoms. The van der Waals surface area contributed by atoms with Crippen LogP contribution in [-0.4, -0.2) is 91.8 Å². The molecule has 202 valence electrons. The molecule has 2 aliphatic heterocycles. The Kier molecular flexibility index (Phi) is 9.27. The van der Waals surface area contributed by atoms with Crippen molar-refractivity contribution in [3.05, 3.63) is 54.1 Å². The van der Waals surface area contributed by atoms with E-state index in [-0.39, 0.29) is 24.8 Å². The standard InChI is InChI=1S/C27H32N4O6S/c1-3-37-26(34)19-4-8-21(9-5-19)31-25(33)23(18-24(32)28-20-6-10-22(35-2)11-7-20)30(27(31)38)13-12-29-14-16-36-17-15-29/h4-11,23H,3,12-18H2,1-2H3,(H,28,32). The Morgan fingerprint density at radius 3 is 2.37 bits per heavy atom. The lowest BCUT2D eigenvalue weighted by Crippen LogP contribution is -2.45. The summed E-state index contributed by atoms with van der Waals surface area (Å²) in [6.07, 6.45) is -0.0640. The second-order valence-electron chi connectivity index (χ2n) is 8.87. The first-order valence-corrected chi connectivity index (χ1v) is 13.0. The smallest absolute Gasteiger partial charge is 0.338 e. The normalized spacial score (nSPS) is 18.0. The van der Waals surface area contributed by atoms with E-state index in [2.05, 4.69) is 10.2 Å². The van der Waals surface area contributed by atoms with E-state index in [9.17, 15) is 14.4 Å². The van der Waals surface area contributed by atoms with Gasteiger partial charge in [0.2, 0.25) is 5.91 Å². The van der Waals surface area contributed by atoms with Crippen molar-refractivity contribution in [1.82, 2.24) is 9.80 Å². The molecule has 2 aromatic carbocycles. The SMILES string of the molecule is CCOC(=O)c1ccc(N2C(=O)C(CC(=O)Nc3ccc(OC)cc3)N(CCN3CCOCC3)C2=S)cc1. The molecular weight excluding hydrogens is 508 g/mol. The molecule has 0 saturated carbocycles. The summed E-state index contributed by atoms with van der Waals surface area (Å²) in [7, 11) is 1.57. The Balaban J connectivity index is 1.51. The number of thiocarbonyl (C=S) groups is 1. The van der Waals surface area contributed by atoms with E-state index >= 15 is 0 Å². The highest BCUT2D eigenvalue weighted by molar-refractivity contribution is 7.80. The van der Waals surface area contributed by atoms with Gasteiger partial charge in [0, 0.05) is 31.9 Å². The number of amides is 2. The number of hydrogen-bond acceptors (Lipinski definition) is 8. The Morgan fingerprint density at radius 1 is 1.05 bits per heavy atom. The number of ether oxygens (including phenoxy) is 3. The zero-order chi connectivity index (χ0) is 27.1. The maximum absolute atomic E-state index is 13.6. The highest BCUT2D eigenvalue weighted by Gasteiger charge is 2.44. The first kappa shape index (κ1) is 27.5. The van der Waals surface area contributed by atoms with Crippen LogP contribution in [-0.2, 0) is 19.1 Å². The Bertz CT molecular complexity index is 1150. The van der Waals surface area contributed by atoms with Crippen LogP contribution in [0.25, 0.3) is 0 Å². The summed E-state index contributed by atoms with van der Waals surface area (Å²) < 4.78 is 15.6. The minimum absolute atomic E-state index is 0.0640. The maximum Gasteiger partial charge on any atom is 0.338 e. The molecule has 11 heteroatoms. The quantitative estimate of drug-likeness (QED) is 0.360. The third-order valence-corrected chi connectivity index (χ3v) is 6.89. The summed E-state index contributed by atoms with van der Waals surface area (Å²) in [6.45, 7) is 6.11. The first-order chi connectivity index (χ1) is 18.4. The van der Waals surface area contributed by atoms with Crippen molar-refractivity contribution < 1.29 is 28.6 Å². The summed E-state index contributed by atoms with van der Waals surface area (Å²) >= 11 is 5.75. The van der Waals surface area contributed by atoms with Gasteiger partial charge in [0.05, 0.1) is 44.6 Å². The van der Waals surface area contributed by atoms with Crippen molar-refractivity contribution in [3.8, 4) is 5.75 Å². The summed E-state index contributed by atoms with van der Waals surface area (Å²) in [6, 6.07) is 12.8. The highest BCUT2D eigenvalue weighted by Crippen LogP contribution is 2.28. The molecule has 0 radical (unpaired) electrons. The van der Waals surface area contributed by atoms with Crippen molar-refractivity contribution in [2.75, 3.05) is 63.3 Å². The number of nitrogens with one attached hydrogen (secondary N) is 1. The number of methoxy groups -OCH3 is 1. The monoisotopic (exact) mass is 540 g/mol. The molecule has 1 unspecified atom stereocenters. The molecule has 2 saturated heterocycles. The molecule has 0 bridgehead atoms. The first-order valence-electron chi connectivity index (χ1n) is 12.6. The van der Waals surface area contributed by atoms with Gasteiger partial charge in [0.15, 0.2) is 5.11 Å². The van der Waals surface area contributed by atoms with Crippen LogP contribution in [0.2, 0.25) is 0 Å². The Morgan fingerprint density at radius 2 is 1.74 bits per heavy atom.